The van der Waals surface area contributed by atoms with Crippen LogP contribution in [0.4, 0.5) is 5.95 Å². The van der Waals surface area contributed by atoms with Gasteiger partial charge in [0.2, 0.25) is 5.89 Å². The van der Waals surface area contributed by atoms with Gasteiger partial charge in [0.05, 0.1) is 0 Å². The Morgan fingerprint density at radius 3 is 2.88 bits per heavy atom. The van der Waals surface area contributed by atoms with Crippen molar-refractivity contribution in [2.45, 2.75) is 39.2 Å². The number of hydrogen-bond acceptors (Lipinski definition) is 5. The molecule has 90 valence electrons. The van der Waals surface area contributed by atoms with Crippen LogP contribution in [0.2, 0.25) is 0 Å². The van der Waals surface area contributed by atoms with Crippen molar-refractivity contribution in [3.8, 4) is 0 Å². The zero-order chi connectivity index (χ0) is 11.4. The molecule has 1 aliphatic heterocycles. The quantitative estimate of drug-likeness (QED) is 0.814. The molecule has 1 N–H and O–H groups in total. The Hall–Kier alpha value is -1.10. The van der Waals surface area contributed by atoms with Gasteiger partial charge in [-0.15, -0.1) is 0 Å². The van der Waals surface area contributed by atoms with E-state index in [1.54, 1.807) is 0 Å². The van der Waals surface area contributed by atoms with Crippen LogP contribution in [0.5, 0.6) is 0 Å². The molecule has 0 aliphatic carbocycles. The van der Waals surface area contributed by atoms with Crippen molar-refractivity contribution in [1.29, 1.82) is 0 Å². The summed E-state index contributed by atoms with van der Waals surface area (Å²) < 4.78 is 5.27. The van der Waals surface area contributed by atoms with Crippen LogP contribution < -0.4 is 10.2 Å². The highest BCUT2D eigenvalue weighted by molar-refractivity contribution is 5.26. The van der Waals surface area contributed by atoms with Gasteiger partial charge in [0.15, 0.2) is 0 Å². The van der Waals surface area contributed by atoms with Crippen LogP contribution in [0.25, 0.3) is 0 Å². The first kappa shape index (κ1) is 11.4. The molecule has 5 nitrogen and oxygen atoms in total. The average Bonchev–Trinajstić information content (AvgIpc) is 2.93. The minimum Gasteiger partial charge on any atom is -0.339 e. The van der Waals surface area contributed by atoms with E-state index >= 15 is 0 Å². The fraction of sp³-hybridized carbons (Fsp3) is 0.818. The van der Waals surface area contributed by atoms with Crippen molar-refractivity contribution in [1.82, 2.24) is 15.5 Å². The molecule has 0 amide bonds. The molecule has 0 spiro atoms. The molecular weight excluding hydrogens is 204 g/mol. The van der Waals surface area contributed by atoms with E-state index in [2.05, 4.69) is 34.2 Å². The summed E-state index contributed by atoms with van der Waals surface area (Å²) >= 11 is 0. The summed E-state index contributed by atoms with van der Waals surface area (Å²) in [4.78, 5) is 6.52. The molecule has 1 saturated heterocycles. The molecule has 0 bridgehead atoms. The van der Waals surface area contributed by atoms with Crippen molar-refractivity contribution in [2.75, 3.05) is 24.5 Å². The molecule has 2 heterocycles. The first-order chi connectivity index (χ1) is 7.83. The van der Waals surface area contributed by atoms with E-state index in [1.165, 1.54) is 12.8 Å². The van der Waals surface area contributed by atoms with Gasteiger partial charge < -0.3 is 14.7 Å². The van der Waals surface area contributed by atoms with Crippen molar-refractivity contribution >= 4 is 5.95 Å². The Balaban J connectivity index is 1.95. The van der Waals surface area contributed by atoms with E-state index in [1.807, 2.05) is 0 Å². The predicted molar refractivity (Wildman–Crippen MR) is 62.6 cm³/mol. The van der Waals surface area contributed by atoms with E-state index < -0.39 is 0 Å². The highest BCUT2D eigenvalue weighted by atomic mass is 16.5. The van der Waals surface area contributed by atoms with Crippen molar-refractivity contribution < 1.29 is 4.52 Å². The fourth-order valence-corrected chi connectivity index (χ4v) is 2.11. The Morgan fingerprint density at radius 2 is 2.25 bits per heavy atom. The Kier molecular flexibility index (Phi) is 3.77. The summed E-state index contributed by atoms with van der Waals surface area (Å²) in [6.45, 7) is 7.13. The first-order valence-corrected chi connectivity index (χ1v) is 6.14. The predicted octanol–water partition coefficient (Wildman–Crippen LogP) is 1.21. The molecule has 1 fully saturated rings. The average molecular weight is 224 g/mol. The molecule has 0 saturated carbocycles. The van der Waals surface area contributed by atoms with Crippen LogP contribution in [0.1, 0.15) is 32.6 Å². The molecule has 1 atom stereocenters. The highest BCUT2D eigenvalue weighted by Crippen LogP contribution is 2.13. The maximum absolute atomic E-state index is 5.27. The van der Waals surface area contributed by atoms with Gasteiger partial charge in [-0.3, -0.25) is 0 Å². The minimum absolute atomic E-state index is 0.519. The second-order valence-electron chi connectivity index (χ2n) is 4.16. The third kappa shape index (κ3) is 2.52. The minimum atomic E-state index is 0.519. The van der Waals surface area contributed by atoms with Gasteiger partial charge in [0.1, 0.15) is 0 Å². The largest absolute Gasteiger partial charge is 0.339 e. The van der Waals surface area contributed by atoms with Gasteiger partial charge >= 0.3 is 0 Å². The van der Waals surface area contributed by atoms with E-state index in [9.17, 15) is 0 Å². The number of hydrogen-bond donors (Lipinski definition) is 1. The van der Waals surface area contributed by atoms with E-state index in [4.69, 9.17) is 4.52 Å². The molecule has 1 aliphatic rings. The zero-order valence-electron chi connectivity index (χ0n) is 10.1. The Bertz CT molecular complexity index is 316. The van der Waals surface area contributed by atoms with Gasteiger partial charge in [-0.2, -0.15) is 4.98 Å². The third-order valence-corrected chi connectivity index (χ3v) is 3.09. The number of rotatable bonds is 5. The van der Waals surface area contributed by atoms with Crippen molar-refractivity contribution in [3.05, 3.63) is 5.89 Å². The van der Waals surface area contributed by atoms with Gasteiger partial charge in [0.25, 0.3) is 5.95 Å². The third-order valence-electron chi connectivity index (χ3n) is 3.09. The summed E-state index contributed by atoms with van der Waals surface area (Å²) in [5.41, 5.74) is 0. The Morgan fingerprint density at radius 1 is 1.44 bits per heavy atom. The lowest BCUT2D eigenvalue weighted by atomic mass is 10.2. The molecule has 16 heavy (non-hydrogen) atoms. The topological polar surface area (TPSA) is 54.2 Å². The summed E-state index contributed by atoms with van der Waals surface area (Å²) in [6, 6.07) is 0.519. The fourth-order valence-electron chi connectivity index (χ4n) is 2.11. The normalized spacial score (nSPS) is 20.2. The van der Waals surface area contributed by atoms with Crippen LogP contribution in [0, 0.1) is 0 Å². The lowest BCUT2D eigenvalue weighted by molar-refractivity contribution is 0.363. The summed E-state index contributed by atoms with van der Waals surface area (Å²) in [5.74, 6) is 1.47. The molecule has 2 rings (SSSR count). The second-order valence-corrected chi connectivity index (χ2v) is 4.16. The van der Waals surface area contributed by atoms with E-state index in [0.29, 0.717) is 6.04 Å². The summed E-state index contributed by atoms with van der Waals surface area (Å²) in [6.07, 6.45) is 3.32. The van der Waals surface area contributed by atoms with Crippen LogP contribution in [0.15, 0.2) is 4.52 Å². The second kappa shape index (κ2) is 5.30. The number of anilines is 1. The molecule has 1 unspecified atom stereocenters. The maximum atomic E-state index is 5.27. The maximum Gasteiger partial charge on any atom is 0.266 e. The zero-order valence-corrected chi connectivity index (χ0v) is 10.1. The standard InChI is InChI=1S/C11H20N4O/c1-3-15(4-2)11-13-10(16-14-11)8-9-6-5-7-12-9/h9,12H,3-8H2,1-2H3. The lowest BCUT2D eigenvalue weighted by Crippen LogP contribution is -2.24. The lowest BCUT2D eigenvalue weighted by Gasteiger charge is -2.14. The number of nitrogens with zero attached hydrogens (tertiary/aromatic N) is 3. The molecule has 0 radical (unpaired) electrons. The molecule has 5 heteroatoms. The SMILES string of the molecule is CCN(CC)c1noc(CC2CCCN2)n1. The molecule has 0 aromatic carbocycles. The summed E-state index contributed by atoms with van der Waals surface area (Å²) in [7, 11) is 0. The van der Waals surface area contributed by atoms with Crippen LogP contribution in [-0.2, 0) is 6.42 Å². The highest BCUT2D eigenvalue weighted by Gasteiger charge is 2.19. The first-order valence-electron chi connectivity index (χ1n) is 6.14. The number of nitrogens with one attached hydrogen (secondary N) is 1. The van der Waals surface area contributed by atoms with Gasteiger partial charge in [0, 0.05) is 25.6 Å². The van der Waals surface area contributed by atoms with Gasteiger partial charge in [-0.05, 0) is 38.4 Å². The van der Waals surface area contributed by atoms with E-state index in [0.717, 1.165) is 37.9 Å². The number of aromatic nitrogens is 2. The smallest absolute Gasteiger partial charge is 0.266 e. The Labute approximate surface area is 96.2 Å². The molecule has 1 aromatic rings. The van der Waals surface area contributed by atoms with Crippen LogP contribution in [-0.4, -0.2) is 35.8 Å². The van der Waals surface area contributed by atoms with Crippen molar-refractivity contribution in [2.24, 2.45) is 0 Å². The van der Waals surface area contributed by atoms with Crippen molar-refractivity contribution in [3.63, 3.8) is 0 Å². The summed E-state index contributed by atoms with van der Waals surface area (Å²) in [5, 5.41) is 7.44. The molecular formula is C11H20N4O. The van der Waals surface area contributed by atoms with Gasteiger partial charge in [-0.25, -0.2) is 0 Å². The van der Waals surface area contributed by atoms with Crippen LogP contribution in [0.3, 0.4) is 0 Å². The molecule has 1 aromatic heterocycles. The monoisotopic (exact) mass is 224 g/mol. The van der Waals surface area contributed by atoms with Crippen LogP contribution >= 0.6 is 0 Å². The van der Waals surface area contributed by atoms with Gasteiger partial charge in [-0.1, -0.05) is 0 Å². The van der Waals surface area contributed by atoms with E-state index in [-0.39, 0.29) is 0 Å².